The number of benzene rings is 1. The van der Waals surface area contributed by atoms with Crippen LogP contribution in [0.4, 0.5) is 4.39 Å². The maximum absolute atomic E-state index is 14.2. The van der Waals surface area contributed by atoms with Crippen LogP contribution < -0.4 is 10.6 Å². The summed E-state index contributed by atoms with van der Waals surface area (Å²) >= 11 is 0. The highest BCUT2D eigenvalue weighted by atomic mass is 19.1. The van der Waals surface area contributed by atoms with Crippen molar-refractivity contribution in [2.75, 3.05) is 26.2 Å². The van der Waals surface area contributed by atoms with Crippen LogP contribution >= 0.6 is 0 Å². The quantitative estimate of drug-likeness (QED) is 0.799. The maximum atomic E-state index is 14.2. The van der Waals surface area contributed by atoms with Crippen molar-refractivity contribution in [1.29, 1.82) is 0 Å². The molecule has 2 N–H and O–H groups in total. The maximum Gasteiger partial charge on any atom is 0.240 e. The highest BCUT2D eigenvalue weighted by Crippen LogP contribution is 2.22. The molecule has 25 heavy (non-hydrogen) atoms. The first kappa shape index (κ1) is 17.0. The molecule has 0 radical (unpaired) electrons. The summed E-state index contributed by atoms with van der Waals surface area (Å²) in [4.78, 5) is 29.7. The van der Waals surface area contributed by atoms with E-state index in [0.29, 0.717) is 19.0 Å². The molecule has 0 bridgehead atoms. The Kier molecular flexibility index (Phi) is 5.03. The van der Waals surface area contributed by atoms with Crippen LogP contribution in [-0.4, -0.2) is 53.0 Å². The van der Waals surface area contributed by atoms with E-state index in [1.165, 1.54) is 11.0 Å². The Hall–Kier alpha value is -2.81. The lowest BCUT2D eigenvalue weighted by Crippen LogP contribution is -2.51. The van der Waals surface area contributed by atoms with E-state index in [1.54, 1.807) is 25.1 Å². The van der Waals surface area contributed by atoms with Crippen molar-refractivity contribution < 1.29 is 18.5 Å². The highest BCUT2D eigenvalue weighted by molar-refractivity contribution is 5.86. The molecule has 3 rings (SSSR count). The number of halogens is 1. The van der Waals surface area contributed by atoms with Crippen molar-refractivity contribution in [2.24, 2.45) is 0 Å². The molecule has 132 valence electrons. The number of hydrogen-bond acceptors (Lipinski definition) is 6. The second kappa shape index (κ2) is 7.39. The second-order valence-electron chi connectivity index (χ2n) is 5.69. The summed E-state index contributed by atoms with van der Waals surface area (Å²) in [6, 6.07) is 5.15. The van der Waals surface area contributed by atoms with Gasteiger partial charge in [0.25, 0.3) is 0 Å². The van der Waals surface area contributed by atoms with E-state index >= 15 is 0 Å². The van der Waals surface area contributed by atoms with Gasteiger partial charge in [-0.3, -0.25) is 9.59 Å². The molecule has 1 atom stereocenters. The van der Waals surface area contributed by atoms with Crippen LogP contribution in [0.15, 0.2) is 28.8 Å². The lowest BCUT2D eigenvalue weighted by Gasteiger charge is -2.27. The predicted molar refractivity (Wildman–Crippen MR) is 84.9 cm³/mol. The van der Waals surface area contributed by atoms with Crippen molar-refractivity contribution in [3.8, 4) is 0 Å². The number of carbonyl (C=O) groups excluding carboxylic acids is 2. The number of rotatable bonds is 5. The molecular formula is C16H18FN5O3. The molecule has 1 aromatic heterocycles. The molecule has 2 aromatic rings. The molecule has 0 aliphatic carbocycles. The summed E-state index contributed by atoms with van der Waals surface area (Å²) in [5.74, 6) is -0.607. The largest absolute Gasteiger partial charge is 0.340 e. The van der Waals surface area contributed by atoms with E-state index in [0.717, 1.165) is 0 Å². The number of piperazine rings is 1. The molecule has 1 unspecified atom stereocenters. The minimum atomic E-state index is -0.899. The minimum absolute atomic E-state index is 0.109. The first-order valence-electron chi connectivity index (χ1n) is 7.87. The number of amides is 2. The monoisotopic (exact) mass is 347 g/mol. The summed E-state index contributed by atoms with van der Waals surface area (Å²) in [6.07, 6.45) is 0. The van der Waals surface area contributed by atoms with Gasteiger partial charge in [-0.1, -0.05) is 23.4 Å². The SMILES string of the molecule is Cc1nc(C(NC(=O)CN2CCNCC2=O)c2ccccc2F)no1. The number of hydrogen-bond donors (Lipinski definition) is 2. The molecule has 1 aliphatic heterocycles. The molecule has 2 heterocycles. The Morgan fingerprint density at radius 1 is 1.48 bits per heavy atom. The lowest BCUT2D eigenvalue weighted by molar-refractivity contribution is -0.136. The molecular weight excluding hydrogens is 329 g/mol. The lowest BCUT2D eigenvalue weighted by atomic mass is 10.1. The molecule has 1 saturated heterocycles. The van der Waals surface area contributed by atoms with Crippen molar-refractivity contribution >= 4 is 11.8 Å². The fourth-order valence-electron chi connectivity index (χ4n) is 2.62. The van der Waals surface area contributed by atoms with Gasteiger partial charge in [0.1, 0.15) is 11.9 Å². The number of carbonyl (C=O) groups is 2. The molecule has 0 saturated carbocycles. The summed E-state index contributed by atoms with van der Waals surface area (Å²) in [5.41, 5.74) is 0.225. The van der Waals surface area contributed by atoms with Gasteiger partial charge in [0.15, 0.2) is 5.82 Å². The Balaban J connectivity index is 1.79. The molecule has 0 spiro atoms. The fourth-order valence-corrected chi connectivity index (χ4v) is 2.62. The van der Waals surface area contributed by atoms with Gasteiger partial charge in [-0.15, -0.1) is 0 Å². The van der Waals surface area contributed by atoms with E-state index < -0.39 is 17.8 Å². The number of aryl methyl sites for hydroxylation is 1. The summed E-state index contributed by atoms with van der Waals surface area (Å²) < 4.78 is 19.1. The zero-order valence-corrected chi connectivity index (χ0v) is 13.7. The Labute approximate surface area is 143 Å². The van der Waals surface area contributed by atoms with E-state index in [1.807, 2.05) is 0 Å². The number of aromatic nitrogens is 2. The first-order chi connectivity index (χ1) is 12.0. The average molecular weight is 347 g/mol. The van der Waals surface area contributed by atoms with E-state index in [9.17, 15) is 14.0 Å². The summed E-state index contributed by atoms with van der Waals surface area (Å²) in [7, 11) is 0. The van der Waals surface area contributed by atoms with Gasteiger partial charge < -0.3 is 20.1 Å². The summed E-state index contributed by atoms with van der Waals surface area (Å²) in [5, 5.41) is 9.42. The van der Waals surface area contributed by atoms with Gasteiger partial charge in [0.05, 0.1) is 13.1 Å². The molecule has 2 amide bonds. The van der Waals surface area contributed by atoms with Crippen LogP contribution in [0.2, 0.25) is 0 Å². The van der Waals surface area contributed by atoms with Crippen LogP contribution in [0.25, 0.3) is 0 Å². The second-order valence-corrected chi connectivity index (χ2v) is 5.69. The predicted octanol–water partition coefficient (Wildman–Crippen LogP) is 0.155. The number of nitrogens with one attached hydrogen (secondary N) is 2. The van der Waals surface area contributed by atoms with Gasteiger partial charge in [-0.25, -0.2) is 4.39 Å². The Morgan fingerprint density at radius 3 is 2.96 bits per heavy atom. The first-order valence-corrected chi connectivity index (χ1v) is 7.87. The Morgan fingerprint density at radius 2 is 2.28 bits per heavy atom. The Bertz CT molecular complexity index is 779. The van der Waals surface area contributed by atoms with Crippen LogP contribution in [0.3, 0.4) is 0 Å². The van der Waals surface area contributed by atoms with Crippen LogP contribution in [-0.2, 0) is 9.59 Å². The highest BCUT2D eigenvalue weighted by Gasteiger charge is 2.27. The van der Waals surface area contributed by atoms with Gasteiger partial charge in [0, 0.05) is 25.6 Å². The zero-order valence-electron chi connectivity index (χ0n) is 13.7. The van der Waals surface area contributed by atoms with E-state index in [2.05, 4.69) is 20.8 Å². The zero-order chi connectivity index (χ0) is 17.8. The van der Waals surface area contributed by atoms with Crippen molar-refractivity contribution in [3.05, 3.63) is 47.4 Å². The molecule has 9 heteroatoms. The standard InChI is InChI=1S/C16H18FN5O3/c1-10-19-16(21-25-10)15(11-4-2-3-5-12(11)17)20-13(23)9-22-7-6-18-8-14(22)24/h2-5,15,18H,6-9H2,1H3,(H,20,23). The fraction of sp³-hybridized carbons (Fsp3) is 0.375. The van der Waals surface area contributed by atoms with E-state index in [-0.39, 0.29) is 30.4 Å². The smallest absolute Gasteiger partial charge is 0.240 e. The molecule has 1 fully saturated rings. The average Bonchev–Trinajstić information content (AvgIpc) is 3.02. The van der Waals surface area contributed by atoms with Crippen molar-refractivity contribution in [2.45, 2.75) is 13.0 Å². The molecule has 1 aromatic carbocycles. The van der Waals surface area contributed by atoms with Crippen molar-refractivity contribution in [3.63, 3.8) is 0 Å². The van der Waals surface area contributed by atoms with Crippen LogP contribution in [0, 0.1) is 12.7 Å². The van der Waals surface area contributed by atoms with Crippen molar-refractivity contribution in [1.82, 2.24) is 25.7 Å². The third-order valence-electron chi connectivity index (χ3n) is 3.84. The van der Waals surface area contributed by atoms with Gasteiger partial charge >= 0.3 is 0 Å². The van der Waals surface area contributed by atoms with Crippen LogP contribution in [0.5, 0.6) is 0 Å². The minimum Gasteiger partial charge on any atom is -0.340 e. The van der Waals surface area contributed by atoms with Gasteiger partial charge in [0.2, 0.25) is 17.7 Å². The van der Waals surface area contributed by atoms with Crippen LogP contribution in [0.1, 0.15) is 23.3 Å². The topological polar surface area (TPSA) is 100 Å². The third kappa shape index (κ3) is 4.00. The third-order valence-corrected chi connectivity index (χ3v) is 3.84. The van der Waals surface area contributed by atoms with Gasteiger partial charge in [-0.05, 0) is 6.07 Å². The number of nitrogens with zero attached hydrogens (tertiary/aromatic N) is 3. The normalized spacial score (nSPS) is 15.9. The molecule has 8 nitrogen and oxygen atoms in total. The summed E-state index contributed by atoms with van der Waals surface area (Å²) in [6.45, 7) is 2.77. The van der Waals surface area contributed by atoms with Gasteiger partial charge in [-0.2, -0.15) is 4.98 Å². The van der Waals surface area contributed by atoms with E-state index in [4.69, 9.17) is 4.52 Å². The molecule has 1 aliphatic rings.